The number of nitrogens with zero attached hydrogens (tertiary/aromatic N) is 1. The Kier molecular flexibility index (Phi) is 17.6. The van der Waals surface area contributed by atoms with Crippen molar-refractivity contribution in [1.29, 1.82) is 0 Å². The van der Waals surface area contributed by atoms with Crippen LogP contribution in [0.15, 0.2) is 0 Å². The Morgan fingerprint density at radius 2 is 1.41 bits per heavy atom. The van der Waals surface area contributed by atoms with E-state index in [1.807, 2.05) is 0 Å². The third kappa shape index (κ3) is 13.3. The van der Waals surface area contributed by atoms with Gasteiger partial charge in [0.05, 0.1) is 0 Å². The lowest BCUT2D eigenvalue weighted by Gasteiger charge is -2.26. The number of nitrogens with one attached hydrogen (secondary N) is 1. The number of unbranched alkanes of at least 4 members (excludes halogenated alkanes) is 13. The van der Waals surface area contributed by atoms with E-state index in [0.29, 0.717) is 32.4 Å². The summed E-state index contributed by atoms with van der Waals surface area (Å²) in [5.41, 5.74) is 11.0. The van der Waals surface area contributed by atoms with E-state index < -0.39 is 18.0 Å². The molecule has 1 saturated heterocycles. The van der Waals surface area contributed by atoms with Crippen molar-refractivity contribution in [3.63, 3.8) is 0 Å². The van der Waals surface area contributed by atoms with E-state index in [9.17, 15) is 14.4 Å². The summed E-state index contributed by atoms with van der Waals surface area (Å²) < 4.78 is 0. The van der Waals surface area contributed by atoms with E-state index in [-0.39, 0.29) is 11.8 Å². The molecule has 0 radical (unpaired) electrons. The van der Waals surface area contributed by atoms with Crippen LogP contribution in [0.25, 0.3) is 0 Å². The minimum Gasteiger partial charge on any atom is -0.368 e. The van der Waals surface area contributed by atoms with E-state index in [0.717, 1.165) is 32.1 Å². The van der Waals surface area contributed by atoms with Gasteiger partial charge in [-0.15, -0.1) is 0 Å². The molecule has 0 spiro atoms. The fraction of sp³-hybridized carbons (Fsp3) is 0.889. The average molecular weight is 481 g/mol. The highest BCUT2D eigenvalue weighted by Gasteiger charge is 2.35. The van der Waals surface area contributed by atoms with Gasteiger partial charge < -0.3 is 21.7 Å². The van der Waals surface area contributed by atoms with E-state index in [1.165, 1.54) is 70.6 Å². The lowest BCUT2D eigenvalue weighted by Crippen LogP contribution is -2.52. The molecule has 0 aliphatic carbocycles. The molecule has 7 nitrogen and oxygen atoms in total. The molecule has 0 aromatic heterocycles. The minimum absolute atomic E-state index is 0.0551. The van der Waals surface area contributed by atoms with Gasteiger partial charge in [-0.05, 0) is 45.1 Å². The summed E-state index contributed by atoms with van der Waals surface area (Å²) in [6.07, 6.45) is 20.5. The van der Waals surface area contributed by atoms with E-state index >= 15 is 0 Å². The highest BCUT2D eigenvalue weighted by Crippen LogP contribution is 2.20. The van der Waals surface area contributed by atoms with E-state index in [4.69, 9.17) is 11.5 Å². The molecule has 3 amide bonds. The Bertz CT molecular complexity index is 570. The van der Waals surface area contributed by atoms with Gasteiger partial charge in [-0.2, -0.15) is 0 Å². The molecule has 0 bridgehead atoms. The Morgan fingerprint density at radius 1 is 0.853 bits per heavy atom. The van der Waals surface area contributed by atoms with Crippen molar-refractivity contribution in [1.82, 2.24) is 10.2 Å². The van der Waals surface area contributed by atoms with Crippen molar-refractivity contribution in [2.45, 2.75) is 141 Å². The van der Waals surface area contributed by atoms with Gasteiger partial charge >= 0.3 is 0 Å². The lowest BCUT2D eigenvalue weighted by atomic mass is 10.0. The topological polar surface area (TPSA) is 119 Å². The van der Waals surface area contributed by atoms with Gasteiger partial charge in [-0.1, -0.05) is 84.0 Å². The average Bonchev–Trinajstić information content (AvgIpc) is 3.31. The minimum atomic E-state index is -0.697. The number of primary amides is 1. The second-order valence-electron chi connectivity index (χ2n) is 9.99. The molecule has 2 atom stereocenters. The predicted molar refractivity (Wildman–Crippen MR) is 139 cm³/mol. The van der Waals surface area contributed by atoms with Crippen LogP contribution in [0.4, 0.5) is 0 Å². The van der Waals surface area contributed by atoms with Crippen molar-refractivity contribution < 1.29 is 14.4 Å². The van der Waals surface area contributed by atoms with E-state index in [1.54, 1.807) is 4.90 Å². The normalized spacial score (nSPS) is 16.5. The van der Waals surface area contributed by atoms with Crippen molar-refractivity contribution in [2.75, 3.05) is 13.1 Å². The molecule has 7 heteroatoms. The van der Waals surface area contributed by atoms with Gasteiger partial charge in [0.2, 0.25) is 17.7 Å². The summed E-state index contributed by atoms with van der Waals surface area (Å²) in [6.45, 7) is 3.42. The first-order valence-electron chi connectivity index (χ1n) is 14.1. The molecule has 0 aromatic carbocycles. The largest absolute Gasteiger partial charge is 0.368 e. The van der Waals surface area contributed by atoms with Gasteiger partial charge in [0.25, 0.3) is 0 Å². The van der Waals surface area contributed by atoms with Crippen LogP contribution in [0.3, 0.4) is 0 Å². The summed E-state index contributed by atoms with van der Waals surface area (Å²) in [7, 11) is 0. The zero-order valence-corrected chi connectivity index (χ0v) is 21.8. The smallest absolute Gasteiger partial charge is 0.243 e. The summed E-state index contributed by atoms with van der Waals surface area (Å²) in [4.78, 5) is 38.9. The maximum Gasteiger partial charge on any atom is 0.243 e. The zero-order chi connectivity index (χ0) is 25.0. The van der Waals surface area contributed by atoms with Crippen LogP contribution >= 0.6 is 0 Å². The van der Waals surface area contributed by atoms with Crippen molar-refractivity contribution in [3.05, 3.63) is 0 Å². The number of hydrogen-bond acceptors (Lipinski definition) is 4. The first-order chi connectivity index (χ1) is 16.5. The highest BCUT2D eigenvalue weighted by molar-refractivity contribution is 5.91. The van der Waals surface area contributed by atoms with Crippen LogP contribution in [0.1, 0.15) is 129 Å². The number of hydrogen-bond donors (Lipinski definition) is 3. The fourth-order valence-electron chi connectivity index (χ4n) is 4.82. The molecular weight excluding hydrogens is 428 g/mol. The monoisotopic (exact) mass is 480 g/mol. The maximum atomic E-state index is 12.8. The Balaban J connectivity index is 2.18. The van der Waals surface area contributed by atoms with Gasteiger partial charge in [0, 0.05) is 13.0 Å². The van der Waals surface area contributed by atoms with Gasteiger partial charge in [-0.25, -0.2) is 0 Å². The molecular formula is C27H52N4O3. The summed E-state index contributed by atoms with van der Waals surface area (Å²) in [5.74, 6) is -0.736. The first kappa shape index (κ1) is 30.4. The predicted octanol–water partition coefficient (Wildman–Crippen LogP) is 4.56. The molecule has 0 aromatic rings. The second-order valence-corrected chi connectivity index (χ2v) is 9.99. The number of nitrogens with two attached hydrogens (primary N) is 2. The molecule has 0 unspecified atom stereocenters. The van der Waals surface area contributed by atoms with Crippen LogP contribution in [0, 0.1) is 0 Å². The Morgan fingerprint density at radius 3 is 1.94 bits per heavy atom. The molecule has 1 rings (SSSR count). The van der Waals surface area contributed by atoms with Gasteiger partial charge in [0.15, 0.2) is 0 Å². The Hall–Kier alpha value is -1.63. The lowest BCUT2D eigenvalue weighted by molar-refractivity contribution is -0.139. The number of carbonyl (C=O) groups excluding carboxylic acids is 3. The van der Waals surface area contributed by atoms with Crippen LogP contribution < -0.4 is 16.8 Å². The molecule has 198 valence electrons. The number of likely N-dealkylation sites (tertiary alicyclic amines) is 1. The number of amides is 3. The van der Waals surface area contributed by atoms with Gasteiger partial charge in [-0.3, -0.25) is 14.4 Å². The van der Waals surface area contributed by atoms with Crippen LogP contribution in [0.2, 0.25) is 0 Å². The number of carbonyl (C=O) groups is 3. The summed E-state index contributed by atoms with van der Waals surface area (Å²) in [5, 5.41) is 2.77. The fourth-order valence-corrected chi connectivity index (χ4v) is 4.82. The van der Waals surface area contributed by atoms with Gasteiger partial charge in [0.1, 0.15) is 12.1 Å². The van der Waals surface area contributed by atoms with Crippen LogP contribution in [-0.4, -0.2) is 47.8 Å². The standard InChI is InChI=1S/C27H52N4O3/c1-2-3-4-5-6-7-8-9-10-11-12-13-14-20-25(32)31-22-17-19-24(31)27(34)30-23(26(29)33)18-15-16-21-28/h23-24H,2-22,28H2,1H3,(H2,29,33)(H,30,34)/t23-,24-/m0/s1. The van der Waals surface area contributed by atoms with E-state index in [2.05, 4.69) is 12.2 Å². The third-order valence-electron chi connectivity index (χ3n) is 6.98. The van der Waals surface area contributed by atoms with Crippen LogP contribution in [0.5, 0.6) is 0 Å². The van der Waals surface area contributed by atoms with Crippen molar-refractivity contribution >= 4 is 17.7 Å². The Labute approximate surface area is 208 Å². The molecule has 1 heterocycles. The molecule has 5 N–H and O–H groups in total. The molecule has 34 heavy (non-hydrogen) atoms. The quantitative estimate of drug-likeness (QED) is 0.209. The number of rotatable bonds is 21. The van der Waals surface area contributed by atoms with Crippen LogP contribution in [-0.2, 0) is 14.4 Å². The molecule has 1 aliphatic rings. The van der Waals surface area contributed by atoms with Crippen molar-refractivity contribution in [3.8, 4) is 0 Å². The molecule has 0 saturated carbocycles. The third-order valence-corrected chi connectivity index (χ3v) is 6.98. The molecule has 1 aliphatic heterocycles. The summed E-state index contributed by atoms with van der Waals surface area (Å²) in [6, 6.07) is -1.18. The first-order valence-corrected chi connectivity index (χ1v) is 14.1. The SMILES string of the molecule is CCCCCCCCCCCCCCCC(=O)N1CCC[C@H]1C(=O)N[C@@H](CCCCN)C(N)=O. The summed E-state index contributed by atoms with van der Waals surface area (Å²) >= 11 is 0. The maximum absolute atomic E-state index is 12.8. The van der Waals surface area contributed by atoms with Crippen molar-refractivity contribution in [2.24, 2.45) is 11.5 Å². The zero-order valence-electron chi connectivity index (χ0n) is 21.8. The molecule has 1 fully saturated rings. The highest BCUT2D eigenvalue weighted by atomic mass is 16.2. The second kappa shape index (κ2) is 19.7.